The first kappa shape index (κ1) is 14.2. The first-order valence-corrected chi connectivity index (χ1v) is 6.62. The van der Waals surface area contributed by atoms with Crippen LogP contribution in [0.1, 0.15) is 16.7 Å². The zero-order valence-corrected chi connectivity index (χ0v) is 11.2. The number of aromatic hydroxyl groups is 3. The Balaban J connectivity index is 2.19. The van der Waals surface area contributed by atoms with E-state index in [1.54, 1.807) is 18.2 Å². The third-order valence-electron chi connectivity index (χ3n) is 3.37. The molecule has 5 N–H and O–H groups in total. The molecule has 106 valence electrons. The van der Waals surface area contributed by atoms with Gasteiger partial charge in [0.2, 0.25) is 0 Å². The summed E-state index contributed by atoms with van der Waals surface area (Å²) >= 11 is 0. The molecule has 0 aliphatic heterocycles. The Labute approximate surface area is 118 Å². The summed E-state index contributed by atoms with van der Waals surface area (Å²) in [4.78, 5) is 0. The Bertz CT molecular complexity index is 579. The highest BCUT2D eigenvalue weighted by atomic mass is 16.3. The van der Waals surface area contributed by atoms with Crippen molar-refractivity contribution >= 4 is 0 Å². The number of nitrogens with two attached hydrogens (primary N) is 1. The van der Waals surface area contributed by atoms with Crippen LogP contribution in [0.4, 0.5) is 0 Å². The second kappa shape index (κ2) is 6.30. The SMILES string of the molecule is NCCc1ccc(O)c(O)c1CCc1ccc(O)cc1. The first-order chi connectivity index (χ1) is 9.61. The summed E-state index contributed by atoms with van der Waals surface area (Å²) in [5.74, 6) is 0.0685. The Morgan fingerprint density at radius 2 is 1.50 bits per heavy atom. The van der Waals surface area contributed by atoms with Gasteiger partial charge in [0.1, 0.15) is 5.75 Å². The predicted octanol–water partition coefficient (Wildman–Crippen LogP) is 2.09. The molecule has 0 bridgehead atoms. The van der Waals surface area contributed by atoms with E-state index in [1.807, 2.05) is 12.1 Å². The largest absolute Gasteiger partial charge is 0.508 e. The molecular weight excluding hydrogens is 254 g/mol. The van der Waals surface area contributed by atoms with Crippen LogP contribution in [-0.2, 0) is 19.3 Å². The van der Waals surface area contributed by atoms with Crippen LogP contribution >= 0.6 is 0 Å². The van der Waals surface area contributed by atoms with Crippen LogP contribution in [0.5, 0.6) is 17.2 Å². The van der Waals surface area contributed by atoms with Crippen LogP contribution < -0.4 is 5.73 Å². The van der Waals surface area contributed by atoms with Gasteiger partial charge in [-0.15, -0.1) is 0 Å². The van der Waals surface area contributed by atoms with Gasteiger partial charge in [0.05, 0.1) is 0 Å². The van der Waals surface area contributed by atoms with Crippen molar-refractivity contribution in [2.75, 3.05) is 6.54 Å². The Hall–Kier alpha value is -2.20. The van der Waals surface area contributed by atoms with E-state index in [-0.39, 0.29) is 17.2 Å². The maximum absolute atomic E-state index is 10.00. The molecule has 0 aliphatic carbocycles. The number of rotatable bonds is 5. The number of phenols is 3. The molecule has 4 nitrogen and oxygen atoms in total. The highest BCUT2D eigenvalue weighted by molar-refractivity contribution is 5.49. The molecule has 0 saturated carbocycles. The molecule has 0 saturated heterocycles. The number of hydrogen-bond donors (Lipinski definition) is 4. The lowest BCUT2D eigenvalue weighted by Crippen LogP contribution is -2.06. The average molecular weight is 273 g/mol. The van der Waals surface area contributed by atoms with E-state index in [2.05, 4.69) is 0 Å². The molecule has 0 heterocycles. The van der Waals surface area contributed by atoms with Crippen molar-refractivity contribution < 1.29 is 15.3 Å². The van der Waals surface area contributed by atoms with Gasteiger partial charge in [-0.05, 0) is 55.1 Å². The molecular formula is C16H19NO3. The maximum Gasteiger partial charge on any atom is 0.160 e. The smallest absolute Gasteiger partial charge is 0.160 e. The van der Waals surface area contributed by atoms with Crippen LogP contribution in [0.25, 0.3) is 0 Å². The van der Waals surface area contributed by atoms with E-state index < -0.39 is 0 Å². The molecule has 2 aromatic rings. The molecule has 0 amide bonds. The maximum atomic E-state index is 10.00. The highest BCUT2D eigenvalue weighted by Gasteiger charge is 2.11. The van der Waals surface area contributed by atoms with E-state index in [4.69, 9.17) is 5.73 Å². The monoisotopic (exact) mass is 273 g/mol. The van der Waals surface area contributed by atoms with Gasteiger partial charge in [-0.25, -0.2) is 0 Å². The second-order valence-corrected chi connectivity index (χ2v) is 4.78. The van der Waals surface area contributed by atoms with Crippen molar-refractivity contribution in [3.63, 3.8) is 0 Å². The van der Waals surface area contributed by atoms with Crippen LogP contribution in [0, 0.1) is 0 Å². The fourth-order valence-electron chi connectivity index (χ4n) is 2.27. The molecule has 0 spiro atoms. The van der Waals surface area contributed by atoms with E-state index in [9.17, 15) is 15.3 Å². The molecule has 0 atom stereocenters. The van der Waals surface area contributed by atoms with Crippen molar-refractivity contribution in [1.82, 2.24) is 0 Å². The molecule has 2 aromatic carbocycles. The van der Waals surface area contributed by atoms with Crippen LogP contribution in [0.3, 0.4) is 0 Å². The molecule has 0 aromatic heterocycles. The fraction of sp³-hybridized carbons (Fsp3) is 0.250. The normalized spacial score (nSPS) is 10.7. The third-order valence-corrected chi connectivity index (χ3v) is 3.37. The summed E-state index contributed by atoms with van der Waals surface area (Å²) in [6.45, 7) is 0.496. The first-order valence-electron chi connectivity index (χ1n) is 6.62. The van der Waals surface area contributed by atoms with Crippen LogP contribution in [0.2, 0.25) is 0 Å². The molecule has 0 fully saturated rings. The van der Waals surface area contributed by atoms with Crippen molar-refractivity contribution in [2.24, 2.45) is 5.73 Å². The van der Waals surface area contributed by atoms with Crippen LogP contribution in [0.15, 0.2) is 36.4 Å². The lowest BCUT2D eigenvalue weighted by Gasteiger charge is -2.12. The highest BCUT2D eigenvalue weighted by Crippen LogP contribution is 2.32. The van der Waals surface area contributed by atoms with Gasteiger partial charge in [0.15, 0.2) is 11.5 Å². The topological polar surface area (TPSA) is 86.7 Å². The minimum atomic E-state index is -0.105. The summed E-state index contributed by atoms with van der Waals surface area (Å²) in [5, 5.41) is 28.9. The van der Waals surface area contributed by atoms with Crippen molar-refractivity contribution in [2.45, 2.75) is 19.3 Å². The van der Waals surface area contributed by atoms with Gasteiger partial charge in [0.25, 0.3) is 0 Å². The lowest BCUT2D eigenvalue weighted by molar-refractivity contribution is 0.398. The summed E-state index contributed by atoms with van der Waals surface area (Å²) in [6, 6.07) is 10.3. The van der Waals surface area contributed by atoms with Gasteiger partial charge in [-0.2, -0.15) is 0 Å². The lowest BCUT2D eigenvalue weighted by atomic mass is 9.96. The Morgan fingerprint density at radius 3 is 2.15 bits per heavy atom. The molecule has 4 heteroatoms. The molecule has 0 unspecified atom stereocenters. The van der Waals surface area contributed by atoms with E-state index in [0.29, 0.717) is 19.4 Å². The predicted molar refractivity (Wildman–Crippen MR) is 78.0 cm³/mol. The number of phenolic OH excluding ortho intramolecular Hbond substituents is 3. The minimum absolute atomic E-state index is 0.0604. The molecule has 20 heavy (non-hydrogen) atoms. The van der Waals surface area contributed by atoms with E-state index in [1.165, 1.54) is 6.07 Å². The summed E-state index contributed by atoms with van der Waals surface area (Å²) in [6.07, 6.45) is 1.99. The van der Waals surface area contributed by atoms with Crippen molar-refractivity contribution in [1.29, 1.82) is 0 Å². The van der Waals surface area contributed by atoms with Gasteiger partial charge in [0, 0.05) is 5.56 Å². The average Bonchev–Trinajstić information content (AvgIpc) is 2.44. The fourth-order valence-corrected chi connectivity index (χ4v) is 2.27. The number of hydrogen-bond acceptors (Lipinski definition) is 4. The van der Waals surface area contributed by atoms with Crippen LogP contribution in [-0.4, -0.2) is 21.9 Å². The summed E-state index contributed by atoms with van der Waals surface area (Å²) in [7, 11) is 0. The third kappa shape index (κ3) is 3.22. The minimum Gasteiger partial charge on any atom is -0.508 e. The van der Waals surface area contributed by atoms with Crippen molar-refractivity contribution in [3.8, 4) is 17.2 Å². The van der Waals surface area contributed by atoms with Crippen molar-refractivity contribution in [3.05, 3.63) is 53.1 Å². The Morgan fingerprint density at radius 1 is 0.800 bits per heavy atom. The quantitative estimate of drug-likeness (QED) is 0.628. The summed E-state index contributed by atoms with van der Waals surface area (Å²) < 4.78 is 0. The zero-order chi connectivity index (χ0) is 14.5. The van der Waals surface area contributed by atoms with Gasteiger partial charge in [-0.1, -0.05) is 18.2 Å². The summed E-state index contributed by atoms with van der Waals surface area (Å²) in [5.41, 5.74) is 8.33. The number of benzene rings is 2. The van der Waals surface area contributed by atoms with Gasteiger partial charge >= 0.3 is 0 Å². The van der Waals surface area contributed by atoms with Gasteiger partial charge < -0.3 is 21.1 Å². The molecule has 0 aliphatic rings. The molecule has 2 rings (SSSR count). The second-order valence-electron chi connectivity index (χ2n) is 4.78. The standard InChI is InChI=1S/C16H19NO3/c17-10-9-12-4-8-15(19)16(20)14(12)7-3-11-1-5-13(18)6-2-11/h1-2,4-6,8,18-20H,3,7,9-10,17H2. The Kier molecular flexibility index (Phi) is 4.48. The van der Waals surface area contributed by atoms with E-state index in [0.717, 1.165) is 23.1 Å². The molecule has 0 radical (unpaired) electrons. The van der Waals surface area contributed by atoms with E-state index >= 15 is 0 Å². The zero-order valence-electron chi connectivity index (χ0n) is 11.2. The number of aryl methyl sites for hydroxylation is 1. The van der Waals surface area contributed by atoms with Gasteiger partial charge in [-0.3, -0.25) is 0 Å².